The molecule has 9 nitrogen and oxygen atoms in total. The molecule has 4 aliphatic rings. The number of primary amides is 1. The van der Waals surface area contributed by atoms with E-state index >= 15 is 0 Å². The van der Waals surface area contributed by atoms with Gasteiger partial charge in [-0.05, 0) is 48.4 Å². The molecule has 2 aromatic rings. The lowest BCUT2D eigenvalue weighted by molar-refractivity contribution is 0.0924. The number of aromatic nitrogens is 2. The predicted octanol–water partition coefficient (Wildman–Crippen LogP) is 1.02. The van der Waals surface area contributed by atoms with E-state index in [1.165, 1.54) is 5.56 Å². The van der Waals surface area contributed by atoms with Crippen LogP contribution in [0.3, 0.4) is 0 Å². The Balaban J connectivity index is 0.00000241. The number of nitrogens with two attached hydrogens (primary N) is 2. The number of anilines is 1. The highest BCUT2D eigenvalue weighted by Gasteiger charge is 2.53. The first-order valence-electron chi connectivity index (χ1n) is 11.9. The van der Waals surface area contributed by atoms with Gasteiger partial charge in [0.25, 0.3) is 0 Å². The minimum absolute atomic E-state index is 0. The van der Waals surface area contributed by atoms with Gasteiger partial charge in [0.15, 0.2) is 0 Å². The van der Waals surface area contributed by atoms with Gasteiger partial charge < -0.3 is 21.3 Å². The van der Waals surface area contributed by atoms with E-state index in [1.54, 1.807) is 9.47 Å². The molecule has 1 spiro atoms. The van der Waals surface area contributed by atoms with Gasteiger partial charge in [0.1, 0.15) is 5.82 Å². The third-order valence-electron chi connectivity index (χ3n) is 8.26. The van der Waals surface area contributed by atoms with E-state index in [9.17, 15) is 9.59 Å². The number of rotatable bonds is 4. The van der Waals surface area contributed by atoms with E-state index in [2.05, 4.69) is 26.9 Å². The molecular weight excluding hydrogens is 454 g/mol. The second-order valence-electron chi connectivity index (χ2n) is 10.4. The van der Waals surface area contributed by atoms with Gasteiger partial charge in [-0.2, -0.15) is 4.98 Å². The monoisotopic (exact) mass is 485 g/mol. The highest BCUT2D eigenvalue weighted by Crippen LogP contribution is 2.44. The van der Waals surface area contributed by atoms with E-state index < -0.39 is 0 Å². The highest BCUT2D eigenvalue weighted by atomic mass is 35.5. The number of urea groups is 1. The Hall–Kier alpha value is -2.62. The summed E-state index contributed by atoms with van der Waals surface area (Å²) in [4.78, 5) is 34.8. The van der Waals surface area contributed by atoms with Crippen LogP contribution in [0.5, 0.6) is 0 Å². The number of halogens is 1. The fourth-order valence-electron chi connectivity index (χ4n) is 6.02. The van der Waals surface area contributed by atoms with Gasteiger partial charge in [-0.1, -0.05) is 12.1 Å². The van der Waals surface area contributed by atoms with Crippen molar-refractivity contribution in [2.24, 2.45) is 28.7 Å². The van der Waals surface area contributed by atoms with Crippen LogP contribution in [0.25, 0.3) is 5.69 Å². The summed E-state index contributed by atoms with van der Waals surface area (Å²) in [6.45, 7) is 6.28. The summed E-state index contributed by atoms with van der Waals surface area (Å²) in [6.07, 6.45) is 3.71. The van der Waals surface area contributed by atoms with Gasteiger partial charge >= 0.3 is 11.7 Å². The molecule has 1 aliphatic carbocycles. The Morgan fingerprint density at radius 2 is 1.71 bits per heavy atom. The van der Waals surface area contributed by atoms with Crippen LogP contribution in [0.4, 0.5) is 10.6 Å². The van der Waals surface area contributed by atoms with Crippen LogP contribution in [0.1, 0.15) is 18.4 Å². The van der Waals surface area contributed by atoms with Crippen molar-refractivity contribution in [3.8, 4) is 5.69 Å². The minimum Gasteiger partial charge on any atom is -0.355 e. The van der Waals surface area contributed by atoms with Crippen LogP contribution in [0.2, 0.25) is 0 Å². The molecule has 1 saturated carbocycles. The van der Waals surface area contributed by atoms with Gasteiger partial charge in [-0.15, -0.1) is 12.4 Å². The van der Waals surface area contributed by atoms with Crippen molar-refractivity contribution < 1.29 is 4.79 Å². The SMILES string of the molecule is Cl.NC(=O)N1CCC2(CC1)CN(c1ccn(-c3ccc(CN4CC5C(N)C5C4)cc3)c(=O)n1)C2. The average Bonchev–Trinajstić information content (AvgIpc) is 3.17. The Morgan fingerprint density at radius 3 is 2.29 bits per heavy atom. The molecule has 1 aromatic heterocycles. The lowest BCUT2D eigenvalue weighted by Gasteiger charge is -2.54. The molecule has 3 aliphatic heterocycles. The van der Waals surface area contributed by atoms with Gasteiger partial charge in [-0.25, -0.2) is 9.59 Å². The zero-order valence-electron chi connectivity index (χ0n) is 19.2. The molecule has 4 N–H and O–H groups in total. The van der Waals surface area contributed by atoms with Crippen molar-refractivity contribution >= 4 is 24.3 Å². The molecule has 6 rings (SSSR count). The van der Waals surface area contributed by atoms with Crippen LogP contribution in [-0.4, -0.2) is 70.7 Å². The van der Waals surface area contributed by atoms with Crippen LogP contribution < -0.4 is 22.1 Å². The van der Waals surface area contributed by atoms with Crippen LogP contribution in [-0.2, 0) is 6.54 Å². The second kappa shape index (κ2) is 8.55. The number of benzene rings is 1. The molecule has 2 unspecified atom stereocenters. The summed E-state index contributed by atoms with van der Waals surface area (Å²) in [5, 5.41) is 0. The van der Waals surface area contributed by atoms with Crippen LogP contribution >= 0.6 is 12.4 Å². The van der Waals surface area contributed by atoms with E-state index in [0.717, 1.165) is 57.1 Å². The van der Waals surface area contributed by atoms with E-state index in [1.807, 2.05) is 24.4 Å². The van der Waals surface area contributed by atoms with Crippen LogP contribution in [0.15, 0.2) is 41.3 Å². The van der Waals surface area contributed by atoms with Crippen molar-refractivity contribution in [1.82, 2.24) is 19.4 Å². The smallest absolute Gasteiger partial charge is 0.354 e. The number of likely N-dealkylation sites (tertiary alicyclic amines) is 2. The molecule has 2 atom stereocenters. The lowest BCUT2D eigenvalue weighted by Crippen LogP contribution is -2.61. The standard InChI is InChI=1S/C24H31N7O2.ClH/c25-21-18-12-28(13-19(18)21)11-16-1-3-17(4-2-16)31-8-5-20(27-23(31)33)30-14-24(15-30)6-9-29(10-7-24)22(26)32;/h1-5,8,18-19,21H,6-7,9-15,25H2,(H2,26,32);1H. The van der Waals surface area contributed by atoms with Crippen molar-refractivity contribution in [2.75, 3.05) is 44.2 Å². The third-order valence-corrected chi connectivity index (χ3v) is 8.26. The van der Waals surface area contributed by atoms with Crippen molar-refractivity contribution in [3.63, 3.8) is 0 Å². The maximum absolute atomic E-state index is 12.8. The van der Waals surface area contributed by atoms with Crippen molar-refractivity contribution in [2.45, 2.75) is 25.4 Å². The lowest BCUT2D eigenvalue weighted by atomic mass is 9.72. The van der Waals surface area contributed by atoms with Gasteiger partial charge in [0, 0.05) is 63.5 Å². The number of carbonyl (C=O) groups excluding carboxylic acids is 1. The largest absolute Gasteiger partial charge is 0.355 e. The molecule has 182 valence electrons. The van der Waals surface area contributed by atoms with Crippen molar-refractivity contribution in [3.05, 3.63) is 52.6 Å². The Morgan fingerprint density at radius 1 is 1.06 bits per heavy atom. The quantitative estimate of drug-likeness (QED) is 0.668. The number of nitrogens with zero attached hydrogens (tertiary/aromatic N) is 5. The number of hydrogen-bond acceptors (Lipinski definition) is 6. The molecule has 1 aromatic carbocycles. The topological polar surface area (TPSA) is 114 Å². The first kappa shape index (κ1) is 23.1. The zero-order chi connectivity index (χ0) is 22.7. The molecule has 0 radical (unpaired) electrons. The normalized spacial score (nSPS) is 27.1. The molecule has 4 heterocycles. The van der Waals surface area contributed by atoms with Gasteiger partial charge in [-0.3, -0.25) is 9.47 Å². The number of piperidine rings is 2. The van der Waals surface area contributed by atoms with Gasteiger partial charge in [0.2, 0.25) is 0 Å². The van der Waals surface area contributed by atoms with E-state index in [-0.39, 0.29) is 29.5 Å². The van der Waals surface area contributed by atoms with E-state index in [0.29, 0.717) is 31.0 Å². The summed E-state index contributed by atoms with van der Waals surface area (Å²) in [5.74, 6) is 2.11. The first-order valence-corrected chi connectivity index (χ1v) is 11.9. The van der Waals surface area contributed by atoms with E-state index in [4.69, 9.17) is 11.5 Å². The van der Waals surface area contributed by atoms with Gasteiger partial charge in [0.05, 0.1) is 5.69 Å². The maximum atomic E-state index is 12.8. The Labute approximate surface area is 205 Å². The summed E-state index contributed by atoms with van der Waals surface area (Å²) in [5.41, 5.74) is 13.4. The van der Waals surface area contributed by atoms with Crippen LogP contribution in [0, 0.1) is 17.3 Å². The number of hydrogen-bond donors (Lipinski definition) is 2. The summed E-state index contributed by atoms with van der Waals surface area (Å²) >= 11 is 0. The Bertz CT molecular complexity index is 1110. The number of carbonyl (C=O) groups is 1. The zero-order valence-corrected chi connectivity index (χ0v) is 20.0. The van der Waals surface area contributed by atoms with Crippen molar-refractivity contribution in [1.29, 1.82) is 0 Å². The number of amides is 2. The predicted molar refractivity (Wildman–Crippen MR) is 132 cm³/mol. The molecule has 0 bridgehead atoms. The maximum Gasteiger partial charge on any atom is 0.354 e. The molecule has 4 fully saturated rings. The highest BCUT2D eigenvalue weighted by molar-refractivity contribution is 5.85. The Kier molecular flexibility index (Phi) is 5.82. The molecule has 34 heavy (non-hydrogen) atoms. The third kappa shape index (κ3) is 4.06. The average molecular weight is 486 g/mol. The summed E-state index contributed by atoms with van der Waals surface area (Å²) < 4.78 is 1.60. The summed E-state index contributed by atoms with van der Waals surface area (Å²) in [6, 6.07) is 10.2. The summed E-state index contributed by atoms with van der Waals surface area (Å²) in [7, 11) is 0. The second-order valence-corrected chi connectivity index (χ2v) is 10.4. The molecule has 2 amide bonds. The fraction of sp³-hybridized carbons (Fsp3) is 0.542. The number of fused-ring (bicyclic) bond motifs is 1. The molecular formula is C24H32ClN7O2. The molecule has 10 heteroatoms. The first-order chi connectivity index (χ1) is 15.9. The fourth-order valence-corrected chi connectivity index (χ4v) is 6.02. The molecule has 3 saturated heterocycles. The minimum atomic E-state index is -0.337.